The second-order valence-electron chi connectivity index (χ2n) is 7.16. The fourth-order valence-corrected chi connectivity index (χ4v) is 2.90. The van der Waals surface area contributed by atoms with E-state index in [1.54, 1.807) is 25.3 Å². The Kier molecular flexibility index (Phi) is 8.44. The van der Waals surface area contributed by atoms with Crippen LogP contribution in [0, 0.1) is 17.0 Å². The van der Waals surface area contributed by atoms with Crippen LogP contribution in [0.15, 0.2) is 102 Å². The molecule has 0 aliphatic carbocycles. The largest absolute Gasteiger partial charge is 0.452 e. The number of halogens is 2. The standard InChI is InChI=1S/C26H22F2N4O3/c1-18(4-3-15-32(17-33)21-9-6-19(27)7-10-21)26(34)31-20-8-11-24(22(28)16-20)35-25-5-2-14-30-23(25)12-13-29/h2-17,29-30H,1H3,(H,31,34)/b15-3-,18-4+,23-12-,29-13?. The van der Waals surface area contributed by atoms with Gasteiger partial charge in [0.15, 0.2) is 17.3 Å². The average molecular weight is 476 g/mol. The van der Waals surface area contributed by atoms with Gasteiger partial charge in [0.05, 0.1) is 5.70 Å². The minimum Gasteiger partial charge on any atom is -0.452 e. The van der Waals surface area contributed by atoms with Gasteiger partial charge >= 0.3 is 0 Å². The van der Waals surface area contributed by atoms with Crippen molar-refractivity contribution >= 4 is 29.9 Å². The van der Waals surface area contributed by atoms with E-state index >= 15 is 0 Å². The fraction of sp³-hybridized carbons (Fsp3) is 0.0385. The van der Waals surface area contributed by atoms with Crippen LogP contribution >= 0.6 is 0 Å². The number of allylic oxidation sites excluding steroid dienone is 5. The molecule has 3 rings (SSSR count). The molecule has 3 N–H and O–H groups in total. The Bertz CT molecular complexity index is 1260. The van der Waals surface area contributed by atoms with Gasteiger partial charge in [0.2, 0.25) is 6.41 Å². The van der Waals surface area contributed by atoms with Gasteiger partial charge in [0.25, 0.3) is 5.91 Å². The van der Waals surface area contributed by atoms with Gasteiger partial charge < -0.3 is 20.8 Å². The van der Waals surface area contributed by atoms with Gasteiger partial charge in [0.1, 0.15) is 5.82 Å². The zero-order chi connectivity index (χ0) is 25.2. The van der Waals surface area contributed by atoms with E-state index in [4.69, 9.17) is 10.1 Å². The van der Waals surface area contributed by atoms with Gasteiger partial charge in [-0.1, -0.05) is 6.08 Å². The molecule has 0 spiro atoms. The molecule has 2 aromatic rings. The lowest BCUT2D eigenvalue weighted by atomic mass is 10.2. The summed E-state index contributed by atoms with van der Waals surface area (Å²) >= 11 is 0. The Morgan fingerprint density at radius 3 is 2.63 bits per heavy atom. The molecule has 2 aromatic carbocycles. The zero-order valence-corrected chi connectivity index (χ0v) is 18.7. The number of nitrogens with zero attached hydrogens (tertiary/aromatic N) is 1. The highest BCUT2D eigenvalue weighted by Gasteiger charge is 2.13. The quantitative estimate of drug-likeness (QED) is 0.207. The highest BCUT2D eigenvalue weighted by Crippen LogP contribution is 2.25. The maximum Gasteiger partial charge on any atom is 0.251 e. The molecule has 9 heteroatoms. The number of dihydropyridines is 1. The van der Waals surface area contributed by atoms with Crippen LogP contribution in [0.25, 0.3) is 0 Å². The van der Waals surface area contributed by atoms with E-state index in [9.17, 15) is 18.4 Å². The molecule has 1 aliphatic rings. The molecule has 2 amide bonds. The number of rotatable bonds is 9. The Balaban J connectivity index is 1.64. The number of hydrogen-bond donors (Lipinski definition) is 3. The number of ether oxygens (including phenoxy) is 1. The zero-order valence-electron chi connectivity index (χ0n) is 18.7. The van der Waals surface area contributed by atoms with E-state index in [0.29, 0.717) is 29.1 Å². The second-order valence-corrected chi connectivity index (χ2v) is 7.16. The highest BCUT2D eigenvalue weighted by molar-refractivity contribution is 6.03. The number of carbonyl (C=O) groups excluding carboxylic acids is 2. The summed E-state index contributed by atoms with van der Waals surface area (Å²) in [6.45, 7) is 1.56. The summed E-state index contributed by atoms with van der Waals surface area (Å²) in [6.07, 6.45) is 12.5. The van der Waals surface area contributed by atoms with E-state index in [1.807, 2.05) is 0 Å². The molecule has 0 atom stereocenters. The molecule has 0 aromatic heterocycles. The molecule has 0 radical (unpaired) electrons. The molecular weight excluding hydrogens is 454 g/mol. The SMILES string of the molecule is C/C(=C\C=C/N(C=O)c1ccc(F)cc1)C(=O)Nc1ccc(OC2=CC=CN/C2=C\C=N)c(F)c1. The van der Waals surface area contributed by atoms with Crippen molar-refractivity contribution in [3.8, 4) is 5.75 Å². The van der Waals surface area contributed by atoms with Crippen LogP contribution in [0.2, 0.25) is 0 Å². The van der Waals surface area contributed by atoms with Crippen molar-refractivity contribution < 1.29 is 23.1 Å². The van der Waals surface area contributed by atoms with Gasteiger partial charge in [0, 0.05) is 41.6 Å². The molecule has 7 nitrogen and oxygen atoms in total. The van der Waals surface area contributed by atoms with E-state index in [-0.39, 0.29) is 11.4 Å². The van der Waals surface area contributed by atoms with Crippen LogP contribution in [0.5, 0.6) is 5.75 Å². The number of amides is 2. The molecular formula is C26H22F2N4O3. The molecule has 1 heterocycles. The van der Waals surface area contributed by atoms with Crippen LogP contribution < -0.4 is 20.3 Å². The van der Waals surface area contributed by atoms with Gasteiger partial charge in [-0.2, -0.15) is 0 Å². The second kappa shape index (κ2) is 11.9. The predicted octanol–water partition coefficient (Wildman–Crippen LogP) is 4.94. The van der Waals surface area contributed by atoms with Crippen LogP contribution in [0.4, 0.5) is 20.2 Å². The van der Waals surface area contributed by atoms with Gasteiger partial charge in [-0.3, -0.25) is 14.5 Å². The maximum absolute atomic E-state index is 14.6. The first kappa shape index (κ1) is 24.8. The third-order valence-corrected chi connectivity index (χ3v) is 4.70. The van der Waals surface area contributed by atoms with E-state index < -0.39 is 17.5 Å². The first-order valence-corrected chi connectivity index (χ1v) is 10.4. The first-order chi connectivity index (χ1) is 16.9. The van der Waals surface area contributed by atoms with Crippen molar-refractivity contribution in [1.82, 2.24) is 5.32 Å². The molecule has 0 saturated heterocycles. The lowest BCUT2D eigenvalue weighted by molar-refractivity contribution is -0.112. The first-order valence-electron chi connectivity index (χ1n) is 10.4. The number of benzene rings is 2. The van der Waals surface area contributed by atoms with E-state index in [2.05, 4.69) is 10.6 Å². The molecule has 0 bridgehead atoms. The third-order valence-electron chi connectivity index (χ3n) is 4.70. The highest BCUT2D eigenvalue weighted by atomic mass is 19.1. The van der Waals surface area contributed by atoms with Crippen LogP contribution in [0.3, 0.4) is 0 Å². The van der Waals surface area contributed by atoms with Crippen LogP contribution in [0.1, 0.15) is 6.92 Å². The molecule has 0 unspecified atom stereocenters. The van der Waals surface area contributed by atoms with Crippen molar-refractivity contribution in [3.63, 3.8) is 0 Å². The molecule has 1 aliphatic heterocycles. The molecule has 0 saturated carbocycles. The van der Waals surface area contributed by atoms with Crippen LogP contribution in [-0.4, -0.2) is 18.5 Å². The number of nitrogens with one attached hydrogen (secondary N) is 3. The topological polar surface area (TPSA) is 94.5 Å². The lowest BCUT2D eigenvalue weighted by Crippen LogP contribution is -2.15. The molecule has 35 heavy (non-hydrogen) atoms. The normalized spacial score (nSPS) is 14.3. The third kappa shape index (κ3) is 6.84. The van der Waals surface area contributed by atoms with Crippen LogP contribution in [-0.2, 0) is 9.59 Å². The van der Waals surface area contributed by atoms with Crippen molar-refractivity contribution in [1.29, 1.82) is 5.41 Å². The Morgan fingerprint density at radius 1 is 1.17 bits per heavy atom. The number of carbonyl (C=O) groups is 2. The van der Waals surface area contributed by atoms with Gasteiger partial charge in [-0.05, 0) is 67.6 Å². The summed E-state index contributed by atoms with van der Waals surface area (Å²) in [5.41, 5.74) is 1.49. The minimum atomic E-state index is -0.685. The summed E-state index contributed by atoms with van der Waals surface area (Å²) in [7, 11) is 0. The smallest absolute Gasteiger partial charge is 0.251 e. The van der Waals surface area contributed by atoms with E-state index in [0.717, 1.165) is 12.3 Å². The monoisotopic (exact) mass is 476 g/mol. The predicted molar refractivity (Wildman–Crippen MR) is 131 cm³/mol. The van der Waals surface area contributed by atoms with E-state index in [1.165, 1.54) is 65.7 Å². The summed E-state index contributed by atoms with van der Waals surface area (Å²) in [5.74, 6) is -1.29. The van der Waals surface area contributed by atoms with Crippen molar-refractivity contribution in [2.45, 2.75) is 6.92 Å². The summed E-state index contributed by atoms with van der Waals surface area (Å²) < 4.78 is 33.2. The average Bonchev–Trinajstić information content (AvgIpc) is 2.85. The van der Waals surface area contributed by atoms with Crippen molar-refractivity contribution in [3.05, 3.63) is 114 Å². The van der Waals surface area contributed by atoms with Gasteiger partial charge in [-0.25, -0.2) is 8.78 Å². The summed E-state index contributed by atoms with van der Waals surface area (Å²) in [6, 6.07) is 9.37. The summed E-state index contributed by atoms with van der Waals surface area (Å²) in [4.78, 5) is 25.0. The lowest BCUT2D eigenvalue weighted by Gasteiger charge is -2.16. The Morgan fingerprint density at radius 2 is 1.94 bits per heavy atom. The maximum atomic E-state index is 14.6. The van der Waals surface area contributed by atoms with Crippen molar-refractivity contribution in [2.24, 2.45) is 0 Å². The Hall–Kier alpha value is -4.79. The number of hydrogen-bond acceptors (Lipinski definition) is 5. The summed E-state index contributed by atoms with van der Waals surface area (Å²) in [5, 5.41) is 12.7. The van der Waals surface area contributed by atoms with Gasteiger partial charge in [-0.15, -0.1) is 0 Å². The minimum absolute atomic E-state index is 0.0489. The Labute approximate surface area is 200 Å². The molecule has 0 fully saturated rings. The molecule has 178 valence electrons. The van der Waals surface area contributed by atoms with Crippen molar-refractivity contribution in [2.75, 3.05) is 10.2 Å². The fourth-order valence-electron chi connectivity index (χ4n) is 2.90. The number of anilines is 2.